The molecule has 1 atom stereocenters. The van der Waals surface area contributed by atoms with Crippen molar-refractivity contribution in [1.82, 2.24) is 19.5 Å². The average Bonchev–Trinajstić information content (AvgIpc) is 3.41. The highest BCUT2D eigenvalue weighted by Crippen LogP contribution is 2.27. The number of rotatable bonds is 8. The molecule has 9 nitrogen and oxygen atoms in total. The number of carbonyl (C=O) groups excluding carboxylic acids is 1. The Morgan fingerprint density at radius 2 is 1.91 bits per heavy atom. The number of ether oxygens (including phenoxy) is 2. The van der Waals surface area contributed by atoms with Gasteiger partial charge >= 0.3 is 0 Å². The zero-order chi connectivity index (χ0) is 22.8. The molecule has 0 aliphatic heterocycles. The van der Waals surface area contributed by atoms with E-state index in [1.807, 2.05) is 19.9 Å². The number of benzene rings is 1. The molecule has 0 bridgehead atoms. The van der Waals surface area contributed by atoms with Crippen molar-refractivity contribution in [2.24, 2.45) is 0 Å². The molecule has 0 aliphatic rings. The van der Waals surface area contributed by atoms with Gasteiger partial charge in [-0.3, -0.25) is 14.0 Å². The van der Waals surface area contributed by atoms with Crippen LogP contribution in [0.2, 0.25) is 0 Å². The van der Waals surface area contributed by atoms with E-state index in [9.17, 15) is 9.59 Å². The van der Waals surface area contributed by atoms with E-state index in [-0.39, 0.29) is 18.0 Å². The van der Waals surface area contributed by atoms with Gasteiger partial charge in [-0.1, -0.05) is 19.9 Å². The molecular weight excluding hydrogens is 412 g/mol. The Bertz CT molecular complexity index is 1330. The molecule has 0 spiro atoms. The molecule has 1 aromatic carbocycles. The van der Waals surface area contributed by atoms with Gasteiger partial charge in [-0.15, -0.1) is 0 Å². The summed E-state index contributed by atoms with van der Waals surface area (Å²) in [6, 6.07) is 8.21. The molecule has 9 heteroatoms. The normalized spacial score (nSPS) is 12.2. The smallest absolute Gasteiger partial charge is 0.291 e. The van der Waals surface area contributed by atoms with Gasteiger partial charge in [0.15, 0.2) is 17.1 Å². The summed E-state index contributed by atoms with van der Waals surface area (Å²) in [5, 5.41) is 7.46. The van der Waals surface area contributed by atoms with Gasteiger partial charge in [0.25, 0.3) is 5.56 Å². The van der Waals surface area contributed by atoms with E-state index < -0.39 is 6.04 Å². The van der Waals surface area contributed by atoms with Crippen molar-refractivity contribution in [1.29, 1.82) is 0 Å². The number of nitrogens with one attached hydrogen (secondary N) is 1. The van der Waals surface area contributed by atoms with Crippen LogP contribution in [0.3, 0.4) is 0 Å². The summed E-state index contributed by atoms with van der Waals surface area (Å²) in [5.74, 6) is 1.60. The standard InChI is InChI=1S/C23H26N4O5/c1-5-15(22(28)24-13-14-7-8-18(30-3)20(11-14)31-4)27-23(29)17-12-19-16(9-10-32-19)26(17)21(6-2)25-27/h7-12,15H,5-6,13H2,1-4H3,(H,24,28)/t15-/m0/s1. The number of hydrogen-bond donors (Lipinski definition) is 1. The van der Waals surface area contributed by atoms with Crippen LogP contribution in [0.25, 0.3) is 16.6 Å². The summed E-state index contributed by atoms with van der Waals surface area (Å²) in [6.45, 7) is 4.10. The summed E-state index contributed by atoms with van der Waals surface area (Å²) >= 11 is 0. The van der Waals surface area contributed by atoms with Crippen LogP contribution in [0.1, 0.15) is 37.7 Å². The molecule has 0 radical (unpaired) electrons. The maximum Gasteiger partial charge on any atom is 0.291 e. The second kappa shape index (κ2) is 8.78. The molecule has 3 aromatic heterocycles. The largest absolute Gasteiger partial charge is 0.493 e. The summed E-state index contributed by atoms with van der Waals surface area (Å²) in [7, 11) is 3.13. The minimum absolute atomic E-state index is 0.279. The Morgan fingerprint density at radius 3 is 2.59 bits per heavy atom. The van der Waals surface area contributed by atoms with Crippen molar-refractivity contribution in [2.75, 3.05) is 14.2 Å². The predicted octanol–water partition coefficient (Wildman–Crippen LogP) is 3.09. The number of aryl methyl sites for hydroxylation is 1. The second-order valence-corrected chi connectivity index (χ2v) is 7.39. The van der Waals surface area contributed by atoms with Crippen molar-refractivity contribution >= 4 is 22.5 Å². The number of carbonyl (C=O) groups is 1. The van der Waals surface area contributed by atoms with Gasteiger partial charge in [0.2, 0.25) is 5.91 Å². The van der Waals surface area contributed by atoms with E-state index >= 15 is 0 Å². The Morgan fingerprint density at radius 1 is 1.12 bits per heavy atom. The molecule has 1 N–H and O–H groups in total. The number of methoxy groups -OCH3 is 2. The first-order valence-corrected chi connectivity index (χ1v) is 10.5. The minimum atomic E-state index is -0.737. The molecular formula is C23H26N4O5. The van der Waals surface area contributed by atoms with Crippen LogP contribution in [0.4, 0.5) is 0 Å². The number of aromatic nitrogens is 3. The lowest BCUT2D eigenvalue weighted by Crippen LogP contribution is -2.39. The quantitative estimate of drug-likeness (QED) is 0.454. The molecule has 0 saturated heterocycles. The third-order valence-electron chi connectivity index (χ3n) is 5.55. The van der Waals surface area contributed by atoms with Gasteiger partial charge in [-0.05, 0) is 24.1 Å². The summed E-state index contributed by atoms with van der Waals surface area (Å²) in [5.41, 5.74) is 2.36. The summed E-state index contributed by atoms with van der Waals surface area (Å²) in [4.78, 5) is 26.3. The Hall–Kier alpha value is -3.75. The predicted molar refractivity (Wildman–Crippen MR) is 119 cm³/mol. The molecule has 32 heavy (non-hydrogen) atoms. The Labute approximate surface area is 184 Å². The molecule has 4 aromatic rings. The van der Waals surface area contributed by atoms with Crippen LogP contribution in [0.5, 0.6) is 11.5 Å². The molecule has 3 heterocycles. The minimum Gasteiger partial charge on any atom is -0.493 e. The fraction of sp³-hybridized carbons (Fsp3) is 0.348. The lowest BCUT2D eigenvalue weighted by Gasteiger charge is -2.18. The molecule has 0 aliphatic carbocycles. The number of furan rings is 1. The number of hydrogen-bond acceptors (Lipinski definition) is 6. The maximum atomic E-state index is 13.2. The highest BCUT2D eigenvalue weighted by molar-refractivity contribution is 5.83. The average molecular weight is 438 g/mol. The van der Waals surface area contributed by atoms with Crippen molar-refractivity contribution in [3.8, 4) is 11.5 Å². The number of amides is 1. The van der Waals surface area contributed by atoms with Crippen LogP contribution in [0, 0.1) is 0 Å². The lowest BCUT2D eigenvalue weighted by atomic mass is 10.1. The first-order valence-electron chi connectivity index (χ1n) is 10.5. The zero-order valence-electron chi connectivity index (χ0n) is 18.5. The number of nitrogens with zero attached hydrogens (tertiary/aromatic N) is 3. The van der Waals surface area contributed by atoms with Crippen molar-refractivity contribution in [3.05, 3.63) is 58.3 Å². The van der Waals surface area contributed by atoms with E-state index in [1.165, 1.54) is 4.68 Å². The first kappa shape index (κ1) is 21.5. The van der Waals surface area contributed by atoms with Crippen LogP contribution >= 0.6 is 0 Å². The van der Waals surface area contributed by atoms with Crippen LogP contribution in [-0.4, -0.2) is 34.3 Å². The molecule has 0 fully saturated rings. The maximum absolute atomic E-state index is 13.2. The summed E-state index contributed by atoms with van der Waals surface area (Å²) in [6.07, 6.45) is 2.59. The monoisotopic (exact) mass is 438 g/mol. The Balaban J connectivity index is 1.64. The fourth-order valence-corrected chi connectivity index (χ4v) is 3.90. The van der Waals surface area contributed by atoms with Gasteiger partial charge in [0.05, 0.1) is 26.0 Å². The van der Waals surface area contributed by atoms with Gasteiger partial charge in [-0.25, -0.2) is 4.68 Å². The number of fused-ring (bicyclic) bond motifs is 3. The summed E-state index contributed by atoms with van der Waals surface area (Å²) < 4.78 is 19.1. The van der Waals surface area contributed by atoms with Gasteiger partial charge in [-0.2, -0.15) is 5.10 Å². The third kappa shape index (κ3) is 3.59. The van der Waals surface area contributed by atoms with E-state index in [0.717, 1.165) is 11.1 Å². The highest BCUT2D eigenvalue weighted by Gasteiger charge is 2.24. The van der Waals surface area contributed by atoms with Crippen LogP contribution < -0.4 is 20.3 Å². The van der Waals surface area contributed by atoms with Crippen LogP contribution in [-0.2, 0) is 17.8 Å². The second-order valence-electron chi connectivity index (χ2n) is 7.39. The topological polar surface area (TPSA) is 100 Å². The van der Waals surface area contributed by atoms with Gasteiger partial charge in [0, 0.05) is 25.1 Å². The first-order chi connectivity index (χ1) is 15.5. The van der Waals surface area contributed by atoms with E-state index in [0.29, 0.717) is 41.3 Å². The van der Waals surface area contributed by atoms with Crippen molar-refractivity contribution in [3.63, 3.8) is 0 Å². The van der Waals surface area contributed by atoms with Crippen LogP contribution in [0.15, 0.2) is 45.8 Å². The Kier molecular flexibility index (Phi) is 5.89. The lowest BCUT2D eigenvalue weighted by molar-refractivity contribution is -0.125. The third-order valence-corrected chi connectivity index (χ3v) is 5.55. The van der Waals surface area contributed by atoms with E-state index in [1.54, 1.807) is 49.1 Å². The highest BCUT2D eigenvalue weighted by atomic mass is 16.5. The SMILES string of the molecule is CCc1nn([C@@H](CC)C(=O)NCc2ccc(OC)c(OC)c2)c(=O)c2cc3occc3n12. The molecule has 168 valence electrons. The molecule has 0 saturated carbocycles. The van der Waals surface area contributed by atoms with Crippen molar-refractivity contribution < 1.29 is 18.7 Å². The van der Waals surface area contributed by atoms with Gasteiger partial charge in [0.1, 0.15) is 17.4 Å². The van der Waals surface area contributed by atoms with Crippen molar-refractivity contribution in [2.45, 2.75) is 39.3 Å². The van der Waals surface area contributed by atoms with E-state index in [2.05, 4.69) is 10.4 Å². The fourth-order valence-electron chi connectivity index (χ4n) is 3.90. The molecule has 1 amide bonds. The molecule has 4 rings (SSSR count). The zero-order valence-corrected chi connectivity index (χ0v) is 18.5. The molecule has 0 unspecified atom stereocenters. The van der Waals surface area contributed by atoms with E-state index in [4.69, 9.17) is 13.9 Å². The van der Waals surface area contributed by atoms with Gasteiger partial charge < -0.3 is 19.2 Å².